The molecule has 0 saturated carbocycles. The number of esters is 1. The lowest BCUT2D eigenvalue weighted by molar-refractivity contribution is -0.142. The van der Waals surface area contributed by atoms with E-state index in [2.05, 4.69) is 10.1 Å². The van der Waals surface area contributed by atoms with E-state index in [9.17, 15) is 9.59 Å². The Balaban J connectivity index is 3.31. The second kappa shape index (κ2) is 7.10. The van der Waals surface area contributed by atoms with Gasteiger partial charge in [-0.05, 0) is 0 Å². The number of hydrogen-bond donors (Lipinski definition) is 1. The van der Waals surface area contributed by atoms with Gasteiger partial charge < -0.3 is 10.1 Å². The molecule has 0 aromatic carbocycles. The quantitative estimate of drug-likeness (QED) is 0.480. The van der Waals surface area contributed by atoms with Gasteiger partial charge in [0.1, 0.15) is 13.0 Å². The zero-order valence-corrected chi connectivity index (χ0v) is 7.50. The third-order valence-corrected chi connectivity index (χ3v) is 1.23. The highest BCUT2D eigenvalue weighted by Gasteiger charge is 2.00. The highest BCUT2D eigenvalue weighted by atomic mass is 16.5. The van der Waals surface area contributed by atoms with Gasteiger partial charge in [0.2, 0.25) is 5.91 Å². The number of carbonyl (C=O) groups is 2. The Hall–Kier alpha value is -1.57. The van der Waals surface area contributed by atoms with Crippen molar-refractivity contribution in [3.05, 3.63) is 0 Å². The zero-order valence-electron chi connectivity index (χ0n) is 7.50. The van der Waals surface area contributed by atoms with E-state index in [1.807, 2.05) is 0 Å². The lowest BCUT2D eigenvalue weighted by Gasteiger charge is -2.03. The number of hydrogen-bond acceptors (Lipinski definition) is 4. The second-order valence-corrected chi connectivity index (χ2v) is 2.26. The largest absolute Gasteiger partial charge is 0.463 e. The van der Waals surface area contributed by atoms with Crippen LogP contribution in [0.3, 0.4) is 0 Å². The summed E-state index contributed by atoms with van der Waals surface area (Å²) < 4.78 is 4.60. The Morgan fingerprint density at radius 1 is 1.54 bits per heavy atom. The summed E-state index contributed by atoms with van der Waals surface area (Å²) in [6.07, 6.45) is 0.161. The Kier molecular flexibility index (Phi) is 6.24. The van der Waals surface area contributed by atoms with Crippen molar-refractivity contribution in [3.63, 3.8) is 0 Å². The van der Waals surface area contributed by atoms with Crippen LogP contribution in [-0.2, 0) is 14.3 Å². The van der Waals surface area contributed by atoms with Crippen LogP contribution in [0.5, 0.6) is 0 Å². The fourth-order valence-electron chi connectivity index (χ4n) is 0.596. The van der Waals surface area contributed by atoms with Gasteiger partial charge in [-0.3, -0.25) is 9.59 Å². The first-order valence-corrected chi connectivity index (χ1v) is 4.00. The minimum Gasteiger partial charge on any atom is -0.463 e. The van der Waals surface area contributed by atoms with Gasteiger partial charge >= 0.3 is 5.97 Å². The van der Waals surface area contributed by atoms with Crippen molar-refractivity contribution >= 4 is 11.9 Å². The van der Waals surface area contributed by atoms with Gasteiger partial charge in [-0.1, -0.05) is 6.92 Å². The summed E-state index contributed by atoms with van der Waals surface area (Å²) >= 11 is 0. The number of rotatable bonds is 5. The molecular weight excluding hydrogens is 172 g/mol. The van der Waals surface area contributed by atoms with E-state index in [1.54, 1.807) is 13.0 Å². The van der Waals surface area contributed by atoms with Gasteiger partial charge in [-0.15, -0.1) is 0 Å². The Labute approximate surface area is 76.7 Å². The van der Waals surface area contributed by atoms with E-state index in [4.69, 9.17) is 5.26 Å². The van der Waals surface area contributed by atoms with E-state index in [0.29, 0.717) is 13.0 Å². The minimum atomic E-state index is -0.562. The molecule has 1 amide bonds. The van der Waals surface area contributed by atoms with E-state index < -0.39 is 5.97 Å². The van der Waals surface area contributed by atoms with Gasteiger partial charge in [0.05, 0.1) is 12.6 Å². The van der Waals surface area contributed by atoms with Crippen LogP contribution in [0.25, 0.3) is 0 Å². The molecule has 1 N–H and O–H groups in total. The van der Waals surface area contributed by atoms with Crippen molar-refractivity contribution < 1.29 is 14.3 Å². The molecule has 0 aliphatic rings. The lowest BCUT2D eigenvalue weighted by atomic mass is 10.4. The van der Waals surface area contributed by atoms with Gasteiger partial charge in [-0.2, -0.15) is 5.26 Å². The van der Waals surface area contributed by atoms with Crippen LogP contribution in [0, 0.1) is 11.3 Å². The molecule has 72 valence electrons. The maximum Gasteiger partial charge on any atom is 0.320 e. The van der Waals surface area contributed by atoms with Crippen LogP contribution in [0.15, 0.2) is 0 Å². The number of amides is 1. The third-order valence-electron chi connectivity index (χ3n) is 1.23. The molecule has 0 fully saturated rings. The highest BCUT2D eigenvalue weighted by Crippen LogP contribution is 1.83. The number of carbonyl (C=O) groups excluding carboxylic acids is 2. The molecule has 0 radical (unpaired) electrons. The molecule has 0 spiro atoms. The Morgan fingerprint density at radius 2 is 2.23 bits per heavy atom. The smallest absolute Gasteiger partial charge is 0.320 e. The van der Waals surface area contributed by atoms with Crippen LogP contribution in [0.4, 0.5) is 0 Å². The molecule has 5 heteroatoms. The van der Waals surface area contributed by atoms with Crippen LogP contribution >= 0.6 is 0 Å². The maximum absolute atomic E-state index is 10.7. The predicted molar refractivity (Wildman–Crippen MR) is 44.5 cm³/mol. The van der Waals surface area contributed by atoms with E-state index >= 15 is 0 Å². The number of ether oxygens (including phenoxy) is 1. The molecule has 13 heavy (non-hydrogen) atoms. The van der Waals surface area contributed by atoms with Crippen LogP contribution in [0.2, 0.25) is 0 Å². The molecule has 0 aliphatic carbocycles. The van der Waals surface area contributed by atoms with Crippen molar-refractivity contribution in [1.82, 2.24) is 5.32 Å². The van der Waals surface area contributed by atoms with Crippen molar-refractivity contribution in [2.45, 2.75) is 19.8 Å². The molecule has 0 aromatic rings. The van der Waals surface area contributed by atoms with E-state index in [1.165, 1.54) is 0 Å². The molecule has 0 saturated heterocycles. The van der Waals surface area contributed by atoms with Gasteiger partial charge in [0.25, 0.3) is 0 Å². The van der Waals surface area contributed by atoms with Crippen LogP contribution in [0.1, 0.15) is 19.8 Å². The third kappa shape index (κ3) is 6.81. The number of nitrogens with zero attached hydrogens (tertiary/aromatic N) is 1. The zero-order chi connectivity index (χ0) is 10.1. The fraction of sp³-hybridized carbons (Fsp3) is 0.625. The summed E-state index contributed by atoms with van der Waals surface area (Å²) in [5, 5.41) is 10.6. The average Bonchev–Trinajstić information content (AvgIpc) is 2.12. The van der Waals surface area contributed by atoms with Crippen molar-refractivity contribution in [2.75, 3.05) is 13.2 Å². The Bertz CT molecular complexity index is 220. The second-order valence-electron chi connectivity index (χ2n) is 2.26. The van der Waals surface area contributed by atoms with Crippen molar-refractivity contribution in [3.8, 4) is 6.07 Å². The lowest BCUT2D eigenvalue weighted by Crippen LogP contribution is -2.27. The molecule has 0 rings (SSSR count). The highest BCUT2D eigenvalue weighted by molar-refractivity contribution is 5.75. The molecule has 0 unspecified atom stereocenters. The Morgan fingerprint density at radius 3 is 2.77 bits per heavy atom. The average molecular weight is 184 g/mol. The van der Waals surface area contributed by atoms with E-state index in [0.717, 1.165) is 0 Å². The standard InChI is InChI=1S/C8H12N2O3/c1-2-7(11)10-5-6-13-8(12)3-4-9/h2-3,5-6H2,1H3,(H,10,11). The minimum absolute atomic E-state index is 0.0867. The summed E-state index contributed by atoms with van der Waals surface area (Å²) in [4.78, 5) is 21.3. The molecule has 5 nitrogen and oxygen atoms in total. The molecule has 0 atom stereocenters. The fourth-order valence-corrected chi connectivity index (χ4v) is 0.596. The molecular formula is C8H12N2O3. The monoisotopic (exact) mass is 184 g/mol. The first-order valence-electron chi connectivity index (χ1n) is 4.00. The SMILES string of the molecule is CCC(=O)NCCOC(=O)CC#N. The van der Waals surface area contributed by atoms with Crippen LogP contribution < -0.4 is 5.32 Å². The normalized spacial score (nSPS) is 8.62. The topological polar surface area (TPSA) is 79.2 Å². The molecule has 0 bridgehead atoms. The van der Waals surface area contributed by atoms with Gasteiger partial charge in [-0.25, -0.2) is 0 Å². The first kappa shape index (κ1) is 11.4. The number of nitriles is 1. The van der Waals surface area contributed by atoms with E-state index in [-0.39, 0.29) is 18.9 Å². The maximum atomic E-state index is 10.7. The molecule has 0 heterocycles. The summed E-state index contributed by atoms with van der Waals surface area (Å²) in [5.41, 5.74) is 0. The first-order chi connectivity index (χ1) is 6.20. The van der Waals surface area contributed by atoms with Crippen LogP contribution in [-0.4, -0.2) is 25.0 Å². The predicted octanol–water partition coefficient (Wildman–Crippen LogP) is -0.0305. The van der Waals surface area contributed by atoms with Gasteiger partial charge in [0.15, 0.2) is 0 Å². The van der Waals surface area contributed by atoms with Crippen molar-refractivity contribution in [2.24, 2.45) is 0 Å². The van der Waals surface area contributed by atoms with Crippen molar-refractivity contribution in [1.29, 1.82) is 5.26 Å². The molecule has 0 aliphatic heterocycles. The summed E-state index contributed by atoms with van der Waals surface area (Å²) in [6.45, 7) is 2.15. The summed E-state index contributed by atoms with van der Waals surface area (Å²) in [5.74, 6) is -0.649. The summed E-state index contributed by atoms with van der Waals surface area (Å²) in [6, 6.07) is 1.67. The summed E-state index contributed by atoms with van der Waals surface area (Å²) in [7, 11) is 0. The molecule has 0 aromatic heterocycles. The number of nitrogens with one attached hydrogen (secondary N) is 1. The van der Waals surface area contributed by atoms with Gasteiger partial charge in [0, 0.05) is 6.42 Å².